The molecule has 0 aromatic carbocycles. The van der Waals surface area contributed by atoms with Crippen LogP contribution in [0.1, 0.15) is 174 Å². The molecule has 0 saturated carbocycles. The summed E-state index contributed by atoms with van der Waals surface area (Å²) < 4.78 is 22.1. The summed E-state index contributed by atoms with van der Waals surface area (Å²) in [5.74, 6) is -0.231. The Morgan fingerprint density at radius 2 is 1.02 bits per heavy atom. The van der Waals surface area contributed by atoms with Crippen LogP contribution < -0.4 is 11.1 Å². The number of rotatable bonds is 41. The van der Waals surface area contributed by atoms with Crippen molar-refractivity contribution in [1.29, 1.82) is 0 Å². The van der Waals surface area contributed by atoms with Crippen LogP contribution in [-0.4, -0.2) is 47.8 Å². The number of nitrogens with one attached hydrogen (secondary N) is 1. The molecule has 0 heterocycles. The van der Waals surface area contributed by atoms with Gasteiger partial charge in [-0.05, 0) is 89.9 Å². The van der Waals surface area contributed by atoms with Crippen LogP contribution in [0.2, 0.25) is 0 Å². The van der Waals surface area contributed by atoms with Crippen LogP contribution in [-0.2, 0) is 18.4 Å². The van der Waals surface area contributed by atoms with Crippen molar-refractivity contribution in [2.24, 2.45) is 5.73 Å². The van der Waals surface area contributed by atoms with Gasteiger partial charge in [0.2, 0.25) is 5.91 Å². The Bertz CT molecular complexity index is 1220. The lowest BCUT2D eigenvalue weighted by molar-refractivity contribution is -0.123. The van der Waals surface area contributed by atoms with Gasteiger partial charge in [0.05, 0.1) is 25.4 Å². The predicted octanol–water partition coefficient (Wildman–Crippen LogP) is 13.2. The van der Waals surface area contributed by atoms with Crippen LogP contribution in [0.4, 0.5) is 0 Å². The molecule has 0 aromatic rings. The number of aliphatic hydroxyl groups excluding tert-OH is 1. The average Bonchev–Trinajstić information content (AvgIpc) is 3.21. The summed E-state index contributed by atoms with van der Waals surface area (Å²) in [7, 11) is -4.37. The van der Waals surface area contributed by atoms with Crippen LogP contribution >= 0.6 is 7.82 Å². The smallest absolute Gasteiger partial charge is 0.387 e. The van der Waals surface area contributed by atoms with Crippen LogP contribution in [0.5, 0.6) is 0 Å². The summed E-state index contributed by atoms with van der Waals surface area (Å²) in [5.41, 5.74) is 5.37. The molecule has 0 bridgehead atoms. The molecule has 0 rings (SSSR count). The number of phosphoric acid groups is 1. The van der Waals surface area contributed by atoms with Crippen molar-refractivity contribution >= 4 is 13.7 Å². The minimum atomic E-state index is -4.37. The van der Waals surface area contributed by atoms with Crippen molar-refractivity contribution in [2.75, 3.05) is 19.8 Å². The third kappa shape index (κ3) is 41.6. The highest BCUT2D eigenvalue weighted by Crippen LogP contribution is 2.43. The highest BCUT2D eigenvalue weighted by molar-refractivity contribution is 7.47. The number of phosphoric ester groups is 1. The van der Waals surface area contributed by atoms with Gasteiger partial charge in [0.15, 0.2) is 0 Å². The van der Waals surface area contributed by atoms with Gasteiger partial charge in [0, 0.05) is 13.0 Å². The summed E-state index contributed by atoms with van der Waals surface area (Å²) in [4.78, 5) is 22.7. The number of hydrogen-bond donors (Lipinski definition) is 4. The molecule has 0 saturated heterocycles. The first-order chi connectivity index (χ1) is 28.4. The van der Waals surface area contributed by atoms with Gasteiger partial charge in [-0.1, -0.05) is 175 Å². The molecule has 8 nitrogen and oxygen atoms in total. The van der Waals surface area contributed by atoms with Crippen LogP contribution in [0.15, 0.2) is 97.2 Å². The Balaban J connectivity index is 4.33. The molecule has 3 unspecified atom stereocenters. The van der Waals surface area contributed by atoms with E-state index in [2.05, 4.69) is 104 Å². The second kappa shape index (κ2) is 44.0. The van der Waals surface area contributed by atoms with Crippen molar-refractivity contribution in [1.82, 2.24) is 5.32 Å². The van der Waals surface area contributed by atoms with E-state index in [0.29, 0.717) is 6.42 Å². The van der Waals surface area contributed by atoms with Crippen LogP contribution in [0.25, 0.3) is 0 Å². The lowest BCUT2D eigenvalue weighted by Gasteiger charge is -2.23. The quantitative estimate of drug-likeness (QED) is 0.0274. The minimum absolute atomic E-state index is 0.0628. The Labute approximate surface area is 355 Å². The third-order valence-electron chi connectivity index (χ3n) is 9.37. The highest BCUT2D eigenvalue weighted by Gasteiger charge is 2.26. The molecule has 3 atom stereocenters. The number of carbonyl (C=O) groups is 1. The van der Waals surface area contributed by atoms with E-state index in [1.807, 2.05) is 6.08 Å². The molecule has 58 heavy (non-hydrogen) atoms. The standard InChI is InChI=1S/C49H85N2O6P/c1-3-5-7-9-11-13-15-17-19-21-23-24-25-27-29-31-33-35-37-39-41-43-49(53)51-47(46-57-58(54,55)56-45-44-50)48(52)42-40-38-36-34-32-30-28-26-22-20-18-16-14-12-10-8-6-4-2/h5,7,11,13,17,19,22-24,26-27,29,32,34,40,42,47-48,52H,3-4,6,8-10,12,14-16,18,20-21,25,28,30-31,33,35-39,41,43-46,50H2,1-2H3,(H,51,53)(H,54,55)/b7-5-,13-11-,19-17-,24-23-,26-22+,29-27-,34-32+,42-40+. The molecular weight excluding hydrogens is 744 g/mol. The van der Waals surface area contributed by atoms with Crippen molar-refractivity contribution in [3.8, 4) is 0 Å². The van der Waals surface area contributed by atoms with E-state index in [1.54, 1.807) is 6.08 Å². The number of amides is 1. The molecule has 0 fully saturated rings. The maximum atomic E-state index is 12.8. The molecule has 332 valence electrons. The summed E-state index contributed by atoms with van der Waals surface area (Å²) in [6.45, 7) is 3.95. The zero-order valence-electron chi connectivity index (χ0n) is 36.7. The van der Waals surface area contributed by atoms with Gasteiger partial charge in [0.25, 0.3) is 0 Å². The summed E-state index contributed by atoms with van der Waals surface area (Å²) in [6.07, 6.45) is 60.3. The second-order valence-electron chi connectivity index (χ2n) is 14.9. The minimum Gasteiger partial charge on any atom is -0.387 e. The van der Waals surface area contributed by atoms with E-state index in [-0.39, 0.29) is 25.7 Å². The van der Waals surface area contributed by atoms with Crippen molar-refractivity contribution in [3.05, 3.63) is 97.2 Å². The van der Waals surface area contributed by atoms with Gasteiger partial charge >= 0.3 is 7.82 Å². The number of allylic oxidation sites excluding steroid dienone is 15. The molecule has 0 aliphatic carbocycles. The van der Waals surface area contributed by atoms with Gasteiger partial charge in [0.1, 0.15) is 0 Å². The fraction of sp³-hybridized carbons (Fsp3) is 0.653. The Morgan fingerprint density at radius 1 is 0.586 bits per heavy atom. The molecule has 0 radical (unpaired) electrons. The Hall–Kier alpha value is -2.58. The first-order valence-corrected chi connectivity index (χ1v) is 24.4. The Kier molecular flexibility index (Phi) is 42.0. The van der Waals surface area contributed by atoms with E-state index >= 15 is 0 Å². The maximum absolute atomic E-state index is 12.8. The number of carbonyl (C=O) groups excluding carboxylic acids is 1. The predicted molar refractivity (Wildman–Crippen MR) is 249 cm³/mol. The highest BCUT2D eigenvalue weighted by atomic mass is 31.2. The SMILES string of the molecule is CC/C=C\C/C=C\C/C=C\C/C=C\C/C=C\CCCCCCCC(=O)NC(COP(=O)(O)OCCN)C(O)/C=C/CC/C=C/CC/C=C/CCCCCCCCCC. The number of aliphatic hydroxyl groups is 1. The van der Waals surface area contributed by atoms with Crippen LogP contribution in [0.3, 0.4) is 0 Å². The van der Waals surface area contributed by atoms with Gasteiger partial charge < -0.3 is 21.1 Å². The third-order valence-corrected chi connectivity index (χ3v) is 10.4. The number of hydrogen-bond acceptors (Lipinski definition) is 6. The fourth-order valence-corrected chi connectivity index (χ4v) is 6.71. The topological polar surface area (TPSA) is 131 Å². The largest absolute Gasteiger partial charge is 0.472 e. The maximum Gasteiger partial charge on any atom is 0.472 e. The molecule has 5 N–H and O–H groups in total. The summed E-state index contributed by atoms with van der Waals surface area (Å²) in [6, 6.07) is -0.901. The number of nitrogens with two attached hydrogens (primary N) is 1. The normalized spacial score (nSPS) is 14.9. The molecular formula is C49H85N2O6P. The lowest BCUT2D eigenvalue weighted by Crippen LogP contribution is -2.45. The van der Waals surface area contributed by atoms with Crippen LogP contribution in [0, 0.1) is 0 Å². The van der Waals surface area contributed by atoms with E-state index in [0.717, 1.165) is 96.3 Å². The van der Waals surface area contributed by atoms with Crippen molar-refractivity contribution < 1.29 is 28.4 Å². The first-order valence-electron chi connectivity index (χ1n) is 22.9. The van der Waals surface area contributed by atoms with Gasteiger partial charge in [-0.15, -0.1) is 0 Å². The average molecular weight is 829 g/mol. The first kappa shape index (κ1) is 55.4. The molecule has 0 aliphatic rings. The van der Waals surface area contributed by atoms with Crippen molar-refractivity contribution in [3.63, 3.8) is 0 Å². The molecule has 1 amide bonds. The summed E-state index contributed by atoms with van der Waals surface area (Å²) >= 11 is 0. The zero-order valence-corrected chi connectivity index (χ0v) is 37.6. The van der Waals surface area contributed by atoms with E-state index in [4.69, 9.17) is 14.8 Å². The van der Waals surface area contributed by atoms with Crippen molar-refractivity contribution in [2.45, 2.75) is 187 Å². The molecule has 0 aromatic heterocycles. The fourth-order valence-electron chi connectivity index (χ4n) is 5.95. The molecule has 0 aliphatic heterocycles. The number of unbranched alkanes of at least 4 members (excludes halogenated alkanes) is 15. The van der Waals surface area contributed by atoms with Gasteiger partial charge in [-0.2, -0.15) is 0 Å². The van der Waals surface area contributed by atoms with E-state index < -0.39 is 20.0 Å². The lowest BCUT2D eigenvalue weighted by atomic mass is 10.1. The zero-order chi connectivity index (χ0) is 42.5. The molecule has 0 spiro atoms. The molecule has 9 heteroatoms. The van der Waals surface area contributed by atoms with Gasteiger partial charge in [-0.3, -0.25) is 13.8 Å². The van der Waals surface area contributed by atoms with E-state index in [9.17, 15) is 19.4 Å². The second-order valence-corrected chi connectivity index (χ2v) is 16.3. The van der Waals surface area contributed by atoms with Gasteiger partial charge in [-0.25, -0.2) is 4.57 Å². The Morgan fingerprint density at radius 3 is 1.53 bits per heavy atom. The summed E-state index contributed by atoms with van der Waals surface area (Å²) in [5, 5.41) is 13.7. The van der Waals surface area contributed by atoms with E-state index in [1.165, 1.54) is 57.8 Å². The monoisotopic (exact) mass is 829 g/mol.